The summed E-state index contributed by atoms with van der Waals surface area (Å²) < 4.78 is 29.3. The summed E-state index contributed by atoms with van der Waals surface area (Å²) in [4.78, 5) is 29.1. The predicted molar refractivity (Wildman–Crippen MR) is 165 cm³/mol. The van der Waals surface area contributed by atoms with Crippen LogP contribution in [-0.2, 0) is 26.2 Å². The van der Waals surface area contributed by atoms with Crippen molar-refractivity contribution in [3.05, 3.63) is 94.5 Å². The van der Waals surface area contributed by atoms with Crippen molar-refractivity contribution in [2.75, 3.05) is 17.4 Å². The Morgan fingerprint density at radius 1 is 0.805 bits per heavy atom. The van der Waals surface area contributed by atoms with Crippen LogP contribution in [0.15, 0.2) is 71.6 Å². The molecule has 0 bridgehead atoms. The van der Waals surface area contributed by atoms with Gasteiger partial charge in [-0.05, 0) is 81.0 Å². The van der Waals surface area contributed by atoms with Crippen molar-refractivity contribution >= 4 is 27.5 Å². The van der Waals surface area contributed by atoms with Gasteiger partial charge in [-0.1, -0.05) is 74.4 Å². The molecule has 0 saturated heterocycles. The summed E-state index contributed by atoms with van der Waals surface area (Å²) in [7, 11) is -4.10. The third kappa shape index (κ3) is 8.43. The van der Waals surface area contributed by atoms with E-state index < -0.39 is 28.5 Å². The molecule has 41 heavy (non-hydrogen) atoms. The summed E-state index contributed by atoms with van der Waals surface area (Å²) in [5, 5.41) is 2.96. The summed E-state index contributed by atoms with van der Waals surface area (Å²) in [6.45, 7) is 13.8. The van der Waals surface area contributed by atoms with Gasteiger partial charge in [0, 0.05) is 13.1 Å². The second-order valence-corrected chi connectivity index (χ2v) is 13.1. The first-order chi connectivity index (χ1) is 19.3. The largest absolute Gasteiger partial charge is 0.354 e. The zero-order valence-corrected chi connectivity index (χ0v) is 26.1. The molecule has 1 N–H and O–H groups in total. The number of nitrogens with zero attached hydrogens (tertiary/aromatic N) is 2. The summed E-state index contributed by atoms with van der Waals surface area (Å²) in [6, 6.07) is 19.1. The maximum atomic E-state index is 14.2. The van der Waals surface area contributed by atoms with Crippen molar-refractivity contribution in [1.82, 2.24) is 10.2 Å². The van der Waals surface area contributed by atoms with E-state index in [4.69, 9.17) is 0 Å². The standard InChI is InChI=1S/C33H43N3O4S/c1-8-31(33(38)34-20-23(2)3)35(21-28-13-9-24(4)10-14-28)32(37)22-36(29-18-26(6)17-27(7)19-29)41(39,40)30-15-11-25(5)12-16-30/h9-19,23,31H,8,20-22H2,1-7H3,(H,34,38). The number of hydrogen-bond acceptors (Lipinski definition) is 4. The minimum atomic E-state index is -4.10. The quantitative estimate of drug-likeness (QED) is 0.299. The van der Waals surface area contributed by atoms with E-state index in [9.17, 15) is 18.0 Å². The van der Waals surface area contributed by atoms with Crippen molar-refractivity contribution in [1.29, 1.82) is 0 Å². The number of anilines is 1. The molecule has 0 aliphatic carbocycles. The molecule has 8 heteroatoms. The van der Waals surface area contributed by atoms with E-state index in [0.717, 1.165) is 27.8 Å². The highest BCUT2D eigenvalue weighted by Gasteiger charge is 2.33. The smallest absolute Gasteiger partial charge is 0.264 e. The van der Waals surface area contributed by atoms with Gasteiger partial charge in [0.05, 0.1) is 10.6 Å². The van der Waals surface area contributed by atoms with E-state index in [1.165, 1.54) is 9.21 Å². The molecule has 0 spiro atoms. The van der Waals surface area contributed by atoms with Crippen LogP contribution in [0.4, 0.5) is 5.69 Å². The van der Waals surface area contributed by atoms with Gasteiger partial charge in [-0.25, -0.2) is 8.42 Å². The molecule has 220 valence electrons. The Bertz CT molecular complexity index is 1430. The van der Waals surface area contributed by atoms with Crippen molar-refractivity contribution < 1.29 is 18.0 Å². The van der Waals surface area contributed by atoms with Crippen LogP contribution in [0.25, 0.3) is 0 Å². The van der Waals surface area contributed by atoms with Gasteiger partial charge in [-0.2, -0.15) is 0 Å². The lowest BCUT2D eigenvalue weighted by atomic mass is 10.1. The van der Waals surface area contributed by atoms with Crippen molar-refractivity contribution in [2.24, 2.45) is 5.92 Å². The first kappa shape index (κ1) is 31.9. The highest BCUT2D eigenvalue weighted by Crippen LogP contribution is 2.27. The van der Waals surface area contributed by atoms with Crippen LogP contribution in [0.1, 0.15) is 55.0 Å². The maximum absolute atomic E-state index is 14.2. The number of benzene rings is 3. The Morgan fingerprint density at radius 2 is 1.34 bits per heavy atom. The van der Waals surface area contributed by atoms with E-state index in [-0.39, 0.29) is 23.3 Å². The van der Waals surface area contributed by atoms with Crippen LogP contribution in [0.2, 0.25) is 0 Å². The lowest BCUT2D eigenvalue weighted by Gasteiger charge is -2.33. The Morgan fingerprint density at radius 3 is 1.85 bits per heavy atom. The number of hydrogen-bond donors (Lipinski definition) is 1. The maximum Gasteiger partial charge on any atom is 0.264 e. The van der Waals surface area contributed by atoms with Crippen molar-refractivity contribution in [3.63, 3.8) is 0 Å². The number of carbonyl (C=O) groups is 2. The molecule has 1 atom stereocenters. The van der Waals surface area contributed by atoms with Gasteiger partial charge in [0.15, 0.2) is 0 Å². The predicted octanol–water partition coefficient (Wildman–Crippen LogP) is 5.70. The van der Waals surface area contributed by atoms with Crippen molar-refractivity contribution in [3.8, 4) is 0 Å². The van der Waals surface area contributed by atoms with Crippen LogP contribution in [-0.4, -0.2) is 44.3 Å². The summed E-state index contributed by atoms with van der Waals surface area (Å²) in [5.41, 5.74) is 5.04. The molecule has 2 amide bonds. The number of sulfonamides is 1. The van der Waals surface area contributed by atoms with Gasteiger partial charge in [0.25, 0.3) is 10.0 Å². The Labute approximate surface area is 245 Å². The number of aryl methyl sites for hydroxylation is 4. The van der Waals surface area contributed by atoms with Gasteiger partial charge < -0.3 is 10.2 Å². The van der Waals surface area contributed by atoms with Crippen LogP contribution in [0, 0.1) is 33.6 Å². The SMILES string of the molecule is CCC(C(=O)NCC(C)C)N(Cc1ccc(C)cc1)C(=O)CN(c1cc(C)cc(C)c1)S(=O)(=O)c1ccc(C)cc1. The van der Waals surface area contributed by atoms with Gasteiger partial charge in [0.1, 0.15) is 12.6 Å². The van der Waals surface area contributed by atoms with Crippen LogP contribution in [0.3, 0.4) is 0 Å². The third-order valence-corrected chi connectivity index (χ3v) is 8.71. The van der Waals surface area contributed by atoms with E-state index >= 15 is 0 Å². The lowest BCUT2D eigenvalue weighted by molar-refractivity contribution is -0.140. The van der Waals surface area contributed by atoms with E-state index in [1.54, 1.807) is 36.4 Å². The fourth-order valence-electron chi connectivity index (χ4n) is 4.69. The van der Waals surface area contributed by atoms with E-state index in [1.807, 2.05) is 78.8 Å². The van der Waals surface area contributed by atoms with Crippen molar-refractivity contribution in [2.45, 2.75) is 72.4 Å². The normalized spacial score (nSPS) is 12.2. The van der Waals surface area contributed by atoms with E-state index in [2.05, 4.69) is 5.32 Å². The molecule has 0 aliphatic heterocycles. The average molecular weight is 578 g/mol. The molecule has 7 nitrogen and oxygen atoms in total. The first-order valence-electron chi connectivity index (χ1n) is 14.1. The summed E-state index contributed by atoms with van der Waals surface area (Å²) in [5.74, 6) is -0.453. The highest BCUT2D eigenvalue weighted by atomic mass is 32.2. The Balaban J connectivity index is 2.07. The number of carbonyl (C=O) groups excluding carboxylic acids is 2. The monoisotopic (exact) mass is 577 g/mol. The molecule has 3 aromatic carbocycles. The number of nitrogens with one attached hydrogen (secondary N) is 1. The van der Waals surface area contributed by atoms with E-state index in [0.29, 0.717) is 18.7 Å². The zero-order valence-electron chi connectivity index (χ0n) is 25.3. The highest BCUT2D eigenvalue weighted by molar-refractivity contribution is 7.92. The molecular weight excluding hydrogens is 534 g/mol. The Hall–Kier alpha value is -3.65. The minimum Gasteiger partial charge on any atom is -0.354 e. The molecule has 0 saturated carbocycles. The molecule has 1 unspecified atom stereocenters. The van der Waals surface area contributed by atoms with Crippen LogP contribution in [0.5, 0.6) is 0 Å². The number of amides is 2. The summed E-state index contributed by atoms with van der Waals surface area (Å²) >= 11 is 0. The van der Waals surface area contributed by atoms with Gasteiger partial charge in [-0.15, -0.1) is 0 Å². The first-order valence-corrected chi connectivity index (χ1v) is 15.6. The van der Waals surface area contributed by atoms with Crippen LogP contribution < -0.4 is 9.62 Å². The topological polar surface area (TPSA) is 86.8 Å². The zero-order chi connectivity index (χ0) is 30.3. The third-order valence-electron chi connectivity index (χ3n) is 6.93. The van der Waals surface area contributed by atoms with Gasteiger partial charge in [-0.3, -0.25) is 13.9 Å². The lowest BCUT2D eigenvalue weighted by Crippen LogP contribution is -2.52. The molecule has 0 heterocycles. The molecule has 3 aromatic rings. The molecular formula is C33H43N3O4S. The van der Waals surface area contributed by atoms with Gasteiger partial charge in [0.2, 0.25) is 11.8 Å². The van der Waals surface area contributed by atoms with Crippen LogP contribution >= 0.6 is 0 Å². The molecule has 0 aromatic heterocycles. The fraction of sp³-hybridized carbons (Fsp3) is 0.394. The second kappa shape index (κ2) is 13.8. The fourth-order valence-corrected chi connectivity index (χ4v) is 6.09. The molecule has 3 rings (SSSR count). The number of rotatable bonds is 12. The Kier molecular flexibility index (Phi) is 10.7. The average Bonchev–Trinajstić information content (AvgIpc) is 2.91. The van der Waals surface area contributed by atoms with Gasteiger partial charge >= 0.3 is 0 Å². The molecule has 0 radical (unpaired) electrons. The second-order valence-electron chi connectivity index (χ2n) is 11.2. The minimum absolute atomic E-state index is 0.0989. The summed E-state index contributed by atoms with van der Waals surface area (Å²) in [6.07, 6.45) is 0.385. The molecule has 0 aliphatic rings. The molecule has 0 fully saturated rings.